The summed E-state index contributed by atoms with van der Waals surface area (Å²) >= 11 is 6.11. The minimum atomic E-state index is -0.144. The van der Waals surface area contributed by atoms with E-state index in [4.69, 9.17) is 21.1 Å². The van der Waals surface area contributed by atoms with Gasteiger partial charge < -0.3 is 14.8 Å². The molecule has 1 aliphatic rings. The van der Waals surface area contributed by atoms with Crippen LogP contribution < -0.4 is 14.8 Å². The van der Waals surface area contributed by atoms with Crippen LogP contribution in [0, 0.1) is 0 Å². The normalized spacial score (nSPS) is 13.9. The van der Waals surface area contributed by atoms with Gasteiger partial charge in [-0.1, -0.05) is 18.5 Å². The van der Waals surface area contributed by atoms with E-state index < -0.39 is 0 Å². The molecule has 1 aliphatic heterocycles. The summed E-state index contributed by atoms with van der Waals surface area (Å²) in [6.45, 7) is 3.80. The van der Waals surface area contributed by atoms with Crippen LogP contribution >= 0.6 is 11.6 Å². The number of halogens is 1. The first kappa shape index (κ1) is 13.0. The second-order valence-corrected chi connectivity index (χ2v) is 4.50. The van der Waals surface area contributed by atoms with Gasteiger partial charge in [0.15, 0.2) is 11.5 Å². The molecule has 0 atom stereocenters. The van der Waals surface area contributed by atoms with Crippen LogP contribution in [-0.4, -0.2) is 25.7 Å². The van der Waals surface area contributed by atoms with E-state index in [-0.39, 0.29) is 5.91 Å². The van der Waals surface area contributed by atoms with Crippen molar-refractivity contribution >= 4 is 17.5 Å². The van der Waals surface area contributed by atoms with Crippen LogP contribution in [0.3, 0.4) is 0 Å². The van der Waals surface area contributed by atoms with Crippen LogP contribution in [0.4, 0.5) is 0 Å². The maximum atomic E-state index is 11.9. The summed E-state index contributed by atoms with van der Waals surface area (Å²) in [6, 6.07) is 3.29. The summed E-state index contributed by atoms with van der Waals surface area (Å²) in [4.78, 5) is 11.9. The van der Waals surface area contributed by atoms with E-state index in [9.17, 15) is 4.79 Å². The van der Waals surface area contributed by atoms with E-state index >= 15 is 0 Å². The Morgan fingerprint density at radius 1 is 1.39 bits per heavy atom. The van der Waals surface area contributed by atoms with E-state index in [1.165, 1.54) is 0 Å². The molecule has 1 N–H and O–H groups in total. The summed E-state index contributed by atoms with van der Waals surface area (Å²) in [5.41, 5.74) is 0.498. The first-order valence-electron chi connectivity index (χ1n) is 6.09. The van der Waals surface area contributed by atoms with Crippen LogP contribution in [0.5, 0.6) is 11.5 Å². The summed E-state index contributed by atoms with van der Waals surface area (Å²) in [6.07, 6.45) is 1.70. The highest BCUT2D eigenvalue weighted by Crippen LogP contribution is 2.37. The largest absolute Gasteiger partial charge is 0.489 e. The zero-order valence-corrected chi connectivity index (χ0v) is 11.0. The Kier molecular flexibility index (Phi) is 4.31. The summed E-state index contributed by atoms with van der Waals surface area (Å²) < 4.78 is 11.0. The highest BCUT2D eigenvalue weighted by molar-refractivity contribution is 6.32. The maximum Gasteiger partial charge on any atom is 0.251 e. The molecule has 98 valence electrons. The third-order valence-electron chi connectivity index (χ3n) is 2.60. The molecule has 0 radical (unpaired) electrons. The molecule has 1 heterocycles. The predicted molar refractivity (Wildman–Crippen MR) is 69.7 cm³/mol. The first-order chi connectivity index (χ1) is 8.72. The molecule has 0 fully saturated rings. The fourth-order valence-corrected chi connectivity index (χ4v) is 1.97. The third-order valence-corrected chi connectivity index (χ3v) is 2.88. The highest BCUT2D eigenvalue weighted by atomic mass is 35.5. The Balaban J connectivity index is 2.25. The minimum Gasteiger partial charge on any atom is -0.489 e. The van der Waals surface area contributed by atoms with Gasteiger partial charge in [0, 0.05) is 18.5 Å². The molecule has 0 saturated carbocycles. The monoisotopic (exact) mass is 269 g/mol. The lowest BCUT2D eigenvalue weighted by Gasteiger charge is -2.11. The van der Waals surface area contributed by atoms with Gasteiger partial charge in [0.1, 0.15) is 0 Å². The Morgan fingerprint density at radius 3 is 2.94 bits per heavy atom. The van der Waals surface area contributed by atoms with Crippen molar-refractivity contribution < 1.29 is 14.3 Å². The number of hydrogen-bond acceptors (Lipinski definition) is 3. The van der Waals surface area contributed by atoms with Crippen molar-refractivity contribution in [1.29, 1.82) is 0 Å². The Morgan fingerprint density at radius 2 is 2.17 bits per heavy atom. The van der Waals surface area contributed by atoms with E-state index in [1.807, 2.05) is 6.92 Å². The average Bonchev–Trinajstić information content (AvgIpc) is 2.61. The molecular formula is C13H16ClNO3. The second kappa shape index (κ2) is 5.96. The molecule has 4 nitrogen and oxygen atoms in total. The highest BCUT2D eigenvalue weighted by Gasteiger charge is 2.18. The maximum absolute atomic E-state index is 11.9. The van der Waals surface area contributed by atoms with Crippen LogP contribution in [0.1, 0.15) is 30.1 Å². The molecule has 1 aromatic carbocycles. The molecule has 0 aromatic heterocycles. The number of carbonyl (C=O) groups excluding carboxylic acids is 1. The topological polar surface area (TPSA) is 47.6 Å². The van der Waals surface area contributed by atoms with E-state index in [1.54, 1.807) is 12.1 Å². The molecule has 18 heavy (non-hydrogen) atoms. The first-order valence-corrected chi connectivity index (χ1v) is 6.47. The van der Waals surface area contributed by atoms with Crippen molar-refractivity contribution in [3.63, 3.8) is 0 Å². The molecule has 0 bridgehead atoms. The lowest BCUT2D eigenvalue weighted by molar-refractivity contribution is 0.0953. The fraction of sp³-hybridized carbons (Fsp3) is 0.462. The number of hydrogen-bond donors (Lipinski definition) is 1. The standard InChI is InChI=1S/C13H16ClNO3/c1-2-4-15-13(16)9-7-10(14)12-11(8-9)17-5-3-6-18-12/h7-8H,2-6H2,1H3,(H,15,16). The predicted octanol–water partition coefficient (Wildman–Crippen LogP) is 2.64. The van der Waals surface area contributed by atoms with Crippen LogP contribution in [0.15, 0.2) is 12.1 Å². The van der Waals surface area contributed by atoms with Gasteiger partial charge in [0.2, 0.25) is 0 Å². The second-order valence-electron chi connectivity index (χ2n) is 4.09. The van der Waals surface area contributed by atoms with Crippen molar-refractivity contribution in [3.05, 3.63) is 22.7 Å². The van der Waals surface area contributed by atoms with Gasteiger partial charge in [-0.25, -0.2) is 0 Å². The molecule has 0 unspecified atom stereocenters. The van der Waals surface area contributed by atoms with E-state index in [2.05, 4.69) is 5.32 Å². The van der Waals surface area contributed by atoms with Crippen molar-refractivity contribution in [1.82, 2.24) is 5.32 Å². The minimum absolute atomic E-state index is 0.144. The Labute approximate surface area is 111 Å². The molecule has 0 aliphatic carbocycles. The number of amides is 1. The van der Waals surface area contributed by atoms with Crippen LogP contribution in [0.2, 0.25) is 5.02 Å². The Bertz CT molecular complexity index is 448. The van der Waals surface area contributed by atoms with Gasteiger partial charge in [0.05, 0.1) is 18.2 Å². The number of nitrogens with one attached hydrogen (secondary N) is 1. The van der Waals surface area contributed by atoms with Crippen molar-refractivity contribution in [2.45, 2.75) is 19.8 Å². The molecule has 5 heteroatoms. The molecule has 0 saturated heterocycles. The van der Waals surface area contributed by atoms with Crippen molar-refractivity contribution in [3.8, 4) is 11.5 Å². The third kappa shape index (κ3) is 2.88. The molecule has 0 spiro atoms. The number of rotatable bonds is 3. The van der Waals surface area contributed by atoms with Gasteiger partial charge in [-0.2, -0.15) is 0 Å². The fourth-order valence-electron chi connectivity index (χ4n) is 1.70. The average molecular weight is 270 g/mol. The van der Waals surface area contributed by atoms with Gasteiger partial charge >= 0.3 is 0 Å². The molecule has 1 amide bonds. The zero-order valence-electron chi connectivity index (χ0n) is 10.3. The lowest BCUT2D eigenvalue weighted by atomic mass is 10.2. The molecule has 1 aromatic rings. The van der Waals surface area contributed by atoms with Gasteiger partial charge in [0.25, 0.3) is 5.91 Å². The lowest BCUT2D eigenvalue weighted by Crippen LogP contribution is -2.24. The number of ether oxygens (including phenoxy) is 2. The van der Waals surface area contributed by atoms with Gasteiger partial charge in [-0.05, 0) is 18.6 Å². The number of fused-ring (bicyclic) bond motifs is 1. The quantitative estimate of drug-likeness (QED) is 0.918. The van der Waals surface area contributed by atoms with Gasteiger partial charge in [-0.3, -0.25) is 4.79 Å². The van der Waals surface area contributed by atoms with Crippen LogP contribution in [0.25, 0.3) is 0 Å². The van der Waals surface area contributed by atoms with Gasteiger partial charge in [-0.15, -0.1) is 0 Å². The van der Waals surface area contributed by atoms with E-state index in [0.29, 0.717) is 41.8 Å². The van der Waals surface area contributed by atoms with E-state index in [0.717, 1.165) is 12.8 Å². The molecular weight excluding hydrogens is 254 g/mol. The number of carbonyl (C=O) groups is 1. The summed E-state index contributed by atoms with van der Waals surface area (Å²) in [5.74, 6) is 0.928. The molecule has 2 rings (SSSR count). The zero-order chi connectivity index (χ0) is 13.0. The number of benzene rings is 1. The Hall–Kier alpha value is -1.42. The summed E-state index contributed by atoms with van der Waals surface area (Å²) in [5, 5.41) is 3.22. The SMILES string of the molecule is CCCNC(=O)c1cc(Cl)c2c(c1)OCCCO2. The van der Waals surface area contributed by atoms with Crippen molar-refractivity contribution in [2.75, 3.05) is 19.8 Å². The summed E-state index contributed by atoms with van der Waals surface area (Å²) in [7, 11) is 0. The van der Waals surface area contributed by atoms with Crippen LogP contribution in [-0.2, 0) is 0 Å². The smallest absolute Gasteiger partial charge is 0.251 e. The van der Waals surface area contributed by atoms with Crippen molar-refractivity contribution in [2.24, 2.45) is 0 Å².